The van der Waals surface area contributed by atoms with Crippen LogP contribution in [0.2, 0.25) is 0 Å². The fourth-order valence-electron chi connectivity index (χ4n) is 1.75. The Morgan fingerprint density at radius 2 is 1.36 bits per heavy atom. The van der Waals surface area contributed by atoms with Gasteiger partial charge in [-0.05, 0) is 17.7 Å². The molecular formula is C16H9F5O3S. The van der Waals surface area contributed by atoms with Gasteiger partial charge in [0.05, 0.1) is 5.56 Å². The second-order valence-electron chi connectivity index (χ2n) is 4.77. The molecule has 0 amide bonds. The third-order valence-electron chi connectivity index (χ3n) is 3.00. The Morgan fingerprint density at radius 3 is 1.84 bits per heavy atom. The van der Waals surface area contributed by atoms with Crippen molar-refractivity contribution >= 4 is 22.8 Å². The predicted octanol–water partition coefficient (Wildman–Crippen LogP) is 4.38. The molecule has 2 rings (SSSR count). The molecule has 0 aliphatic heterocycles. The number of rotatable bonds is 4. The van der Waals surface area contributed by atoms with Gasteiger partial charge in [0.2, 0.25) is 34.8 Å². The van der Waals surface area contributed by atoms with Crippen molar-refractivity contribution in [1.82, 2.24) is 0 Å². The summed E-state index contributed by atoms with van der Waals surface area (Å²) >= 11 is 1.04. The Morgan fingerprint density at radius 1 is 0.880 bits per heavy atom. The molecule has 0 saturated heterocycles. The van der Waals surface area contributed by atoms with E-state index in [1.807, 2.05) is 0 Å². The Bertz CT molecular complexity index is 808. The number of esters is 1. The van der Waals surface area contributed by atoms with E-state index < -0.39 is 40.8 Å². The van der Waals surface area contributed by atoms with Gasteiger partial charge in [0.1, 0.15) is 0 Å². The van der Waals surface area contributed by atoms with Crippen LogP contribution in [0.15, 0.2) is 24.3 Å². The van der Waals surface area contributed by atoms with E-state index in [4.69, 9.17) is 0 Å². The lowest BCUT2D eigenvalue weighted by Crippen LogP contribution is -2.13. The van der Waals surface area contributed by atoms with Crippen LogP contribution in [0, 0.1) is 29.1 Å². The van der Waals surface area contributed by atoms with Crippen molar-refractivity contribution in [1.29, 1.82) is 0 Å². The highest BCUT2D eigenvalue weighted by molar-refractivity contribution is 8.12. The molecule has 0 aliphatic carbocycles. The lowest BCUT2D eigenvalue weighted by atomic mass is 10.1. The molecule has 0 atom stereocenters. The van der Waals surface area contributed by atoms with E-state index >= 15 is 0 Å². The quantitative estimate of drug-likeness (QED) is 0.261. The SMILES string of the molecule is CC(=O)SCc1ccc(C(=O)Oc2c(F)c(F)c(F)c(F)c2F)cc1. The summed E-state index contributed by atoms with van der Waals surface area (Å²) in [6, 6.07) is 5.41. The highest BCUT2D eigenvalue weighted by Gasteiger charge is 2.28. The van der Waals surface area contributed by atoms with Gasteiger partial charge >= 0.3 is 5.97 Å². The molecule has 3 nitrogen and oxygen atoms in total. The van der Waals surface area contributed by atoms with Gasteiger partial charge in [-0.25, -0.2) is 18.0 Å². The van der Waals surface area contributed by atoms with Crippen LogP contribution in [0.1, 0.15) is 22.8 Å². The summed E-state index contributed by atoms with van der Waals surface area (Å²) < 4.78 is 70.4. The van der Waals surface area contributed by atoms with Gasteiger partial charge in [-0.3, -0.25) is 4.79 Å². The largest absolute Gasteiger partial charge is 0.416 e. The minimum atomic E-state index is -2.35. The zero-order chi connectivity index (χ0) is 18.7. The molecule has 0 unspecified atom stereocenters. The first-order chi connectivity index (χ1) is 11.7. The van der Waals surface area contributed by atoms with Crippen LogP contribution in [0.4, 0.5) is 22.0 Å². The van der Waals surface area contributed by atoms with Crippen LogP contribution in [-0.4, -0.2) is 11.1 Å². The van der Waals surface area contributed by atoms with Crippen LogP contribution in [-0.2, 0) is 10.5 Å². The summed E-state index contributed by atoms with van der Waals surface area (Å²) in [7, 11) is 0. The first kappa shape index (κ1) is 18.9. The van der Waals surface area contributed by atoms with Crippen molar-refractivity contribution in [3.05, 3.63) is 64.5 Å². The number of benzene rings is 2. The number of thioether (sulfide) groups is 1. The van der Waals surface area contributed by atoms with Gasteiger partial charge in [0.25, 0.3) is 0 Å². The number of halogens is 5. The molecule has 2 aromatic rings. The average Bonchev–Trinajstić information content (AvgIpc) is 2.60. The van der Waals surface area contributed by atoms with E-state index in [9.17, 15) is 31.5 Å². The van der Waals surface area contributed by atoms with E-state index in [1.54, 1.807) is 0 Å². The van der Waals surface area contributed by atoms with Crippen molar-refractivity contribution in [2.24, 2.45) is 0 Å². The zero-order valence-electron chi connectivity index (χ0n) is 12.5. The van der Waals surface area contributed by atoms with Gasteiger partial charge in [-0.1, -0.05) is 23.9 Å². The number of carbonyl (C=O) groups excluding carboxylic acids is 2. The van der Waals surface area contributed by atoms with Gasteiger partial charge in [0.15, 0.2) is 5.12 Å². The summed E-state index contributed by atoms with van der Waals surface area (Å²) in [6.07, 6.45) is 0. The fraction of sp³-hybridized carbons (Fsp3) is 0.125. The summed E-state index contributed by atoms with van der Waals surface area (Å²) in [5.41, 5.74) is 0.522. The third kappa shape index (κ3) is 4.16. The smallest absolute Gasteiger partial charge is 0.343 e. The van der Waals surface area contributed by atoms with Crippen LogP contribution in [0.5, 0.6) is 5.75 Å². The van der Waals surface area contributed by atoms with E-state index in [2.05, 4.69) is 4.74 Å². The normalized spacial score (nSPS) is 10.6. The molecule has 0 spiro atoms. The monoisotopic (exact) mass is 376 g/mol. The van der Waals surface area contributed by atoms with Crippen molar-refractivity contribution in [2.45, 2.75) is 12.7 Å². The van der Waals surface area contributed by atoms with Gasteiger partial charge in [-0.15, -0.1) is 0 Å². The lowest BCUT2D eigenvalue weighted by molar-refractivity contribution is -0.109. The lowest BCUT2D eigenvalue weighted by Gasteiger charge is -2.09. The summed E-state index contributed by atoms with van der Waals surface area (Å²) in [4.78, 5) is 22.7. The molecule has 0 saturated carbocycles. The maximum absolute atomic E-state index is 13.5. The summed E-state index contributed by atoms with van der Waals surface area (Å²) in [6.45, 7) is 1.39. The van der Waals surface area contributed by atoms with Gasteiger partial charge in [0, 0.05) is 12.7 Å². The Kier molecular flexibility index (Phi) is 5.78. The molecular weight excluding hydrogens is 367 g/mol. The Hall–Kier alpha value is -2.42. The second kappa shape index (κ2) is 7.64. The Balaban J connectivity index is 2.22. The highest BCUT2D eigenvalue weighted by atomic mass is 32.2. The number of hydrogen-bond acceptors (Lipinski definition) is 4. The Labute approximate surface area is 142 Å². The summed E-state index contributed by atoms with van der Waals surface area (Å²) in [5, 5.41) is -0.102. The number of carbonyl (C=O) groups is 2. The molecule has 0 fully saturated rings. The van der Waals surface area contributed by atoms with Crippen molar-refractivity contribution in [2.75, 3.05) is 0 Å². The third-order valence-corrected chi connectivity index (χ3v) is 3.88. The average molecular weight is 376 g/mol. The molecule has 9 heteroatoms. The highest BCUT2D eigenvalue weighted by Crippen LogP contribution is 2.29. The van der Waals surface area contributed by atoms with Gasteiger partial charge in [-0.2, -0.15) is 8.78 Å². The number of ether oxygens (including phenoxy) is 1. The summed E-state index contributed by atoms with van der Waals surface area (Å²) in [5.74, 6) is -13.9. The standard InChI is InChI=1S/C16H9F5O3S/c1-7(22)25-6-8-2-4-9(5-3-8)16(23)24-15-13(20)11(18)10(17)12(19)14(15)21/h2-5H,6H2,1H3. The molecule has 0 radical (unpaired) electrons. The van der Waals surface area contributed by atoms with Crippen LogP contribution >= 0.6 is 11.8 Å². The maximum atomic E-state index is 13.5. The molecule has 0 aliphatic rings. The van der Waals surface area contributed by atoms with Crippen molar-refractivity contribution in [3.8, 4) is 5.75 Å². The minimum absolute atomic E-state index is 0.102. The molecule has 0 N–H and O–H groups in total. The van der Waals surface area contributed by atoms with Gasteiger partial charge < -0.3 is 4.74 Å². The number of hydrogen-bond donors (Lipinski definition) is 0. The molecule has 132 valence electrons. The second-order valence-corrected chi connectivity index (χ2v) is 5.92. The molecule has 2 aromatic carbocycles. The molecule has 0 aromatic heterocycles. The van der Waals surface area contributed by atoms with E-state index in [0.29, 0.717) is 11.3 Å². The van der Waals surface area contributed by atoms with Crippen molar-refractivity contribution < 1.29 is 36.3 Å². The minimum Gasteiger partial charge on any atom is -0.416 e. The van der Waals surface area contributed by atoms with Crippen LogP contribution in [0.25, 0.3) is 0 Å². The topological polar surface area (TPSA) is 43.4 Å². The van der Waals surface area contributed by atoms with E-state index in [1.165, 1.54) is 31.2 Å². The first-order valence-corrected chi connectivity index (χ1v) is 7.66. The van der Waals surface area contributed by atoms with E-state index in [0.717, 1.165) is 11.8 Å². The van der Waals surface area contributed by atoms with Crippen LogP contribution in [0.3, 0.4) is 0 Å². The first-order valence-electron chi connectivity index (χ1n) is 6.68. The zero-order valence-corrected chi connectivity index (χ0v) is 13.4. The fourth-order valence-corrected chi connectivity index (χ4v) is 2.31. The predicted molar refractivity (Wildman–Crippen MR) is 79.6 cm³/mol. The van der Waals surface area contributed by atoms with Crippen LogP contribution < -0.4 is 4.74 Å². The van der Waals surface area contributed by atoms with E-state index in [-0.39, 0.29) is 10.7 Å². The van der Waals surface area contributed by atoms with Crippen molar-refractivity contribution in [3.63, 3.8) is 0 Å². The molecule has 0 heterocycles. The maximum Gasteiger partial charge on any atom is 0.343 e. The molecule has 25 heavy (non-hydrogen) atoms. The molecule has 0 bridgehead atoms.